The van der Waals surface area contributed by atoms with Crippen molar-refractivity contribution in [3.8, 4) is 0 Å². The van der Waals surface area contributed by atoms with Gasteiger partial charge >= 0.3 is 0 Å². The second-order valence-corrected chi connectivity index (χ2v) is 5.68. The Balaban J connectivity index is 2.02. The van der Waals surface area contributed by atoms with E-state index >= 15 is 0 Å². The summed E-state index contributed by atoms with van der Waals surface area (Å²) >= 11 is 0. The van der Waals surface area contributed by atoms with E-state index in [0.29, 0.717) is 5.92 Å². The van der Waals surface area contributed by atoms with Gasteiger partial charge in [0.05, 0.1) is 4.92 Å². The molecule has 116 valence electrons. The monoisotopic (exact) mass is 292 g/mol. The summed E-state index contributed by atoms with van der Waals surface area (Å²) in [5, 5.41) is 10.8. The molecule has 2 rings (SSSR count). The van der Waals surface area contributed by atoms with Crippen LogP contribution in [0.5, 0.6) is 0 Å². The third-order valence-corrected chi connectivity index (χ3v) is 4.24. The Bertz CT molecular complexity index is 502. The number of aromatic nitrogens is 1. The molecule has 6 nitrogen and oxygen atoms in total. The van der Waals surface area contributed by atoms with Crippen molar-refractivity contribution in [1.82, 2.24) is 9.88 Å². The quantitative estimate of drug-likeness (QED) is 0.595. The number of nitro groups is 1. The summed E-state index contributed by atoms with van der Waals surface area (Å²) < 4.78 is 0. The van der Waals surface area contributed by atoms with Gasteiger partial charge in [-0.1, -0.05) is 13.8 Å². The van der Waals surface area contributed by atoms with E-state index in [1.807, 2.05) is 6.92 Å². The first-order valence-corrected chi connectivity index (χ1v) is 7.63. The molecule has 0 aromatic carbocycles. The lowest BCUT2D eigenvalue weighted by atomic mass is 10.1. The van der Waals surface area contributed by atoms with Crippen LogP contribution >= 0.6 is 0 Å². The number of pyridine rings is 1. The van der Waals surface area contributed by atoms with Crippen LogP contribution in [0.15, 0.2) is 12.3 Å². The predicted octanol–water partition coefficient (Wildman–Crippen LogP) is 2.47. The van der Waals surface area contributed by atoms with Gasteiger partial charge in [-0.2, -0.15) is 0 Å². The molecule has 6 heteroatoms. The Morgan fingerprint density at radius 2 is 2.19 bits per heavy atom. The normalized spacial score (nSPS) is 18.5. The number of anilines is 1. The molecule has 1 atom stereocenters. The third kappa shape index (κ3) is 3.69. The van der Waals surface area contributed by atoms with Gasteiger partial charge in [-0.3, -0.25) is 10.1 Å². The zero-order valence-corrected chi connectivity index (χ0v) is 13.1. The Hall–Kier alpha value is -1.69. The van der Waals surface area contributed by atoms with Crippen molar-refractivity contribution in [3.63, 3.8) is 0 Å². The maximum absolute atomic E-state index is 10.8. The van der Waals surface area contributed by atoms with Crippen molar-refractivity contribution < 1.29 is 4.92 Å². The van der Waals surface area contributed by atoms with E-state index in [1.165, 1.54) is 6.20 Å². The van der Waals surface area contributed by atoms with Crippen LogP contribution in [-0.2, 0) is 0 Å². The van der Waals surface area contributed by atoms with E-state index in [0.717, 1.165) is 50.5 Å². The predicted molar refractivity (Wildman–Crippen MR) is 83.7 cm³/mol. The van der Waals surface area contributed by atoms with Gasteiger partial charge in [0.1, 0.15) is 12.0 Å². The molecule has 1 aromatic rings. The van der Waals surface area contributed by atoms with Gasteiger partial charge in [0.15, 0.2) is 0 Å². The Morgan fingerprint density at radius 3 is 2.76 bits per heavy atom. The lowest BCUT2D eigenvalue weighted by molar-refractivity contribution is -0.385. The summed E-state index contributed by atoms with van der Waals surface area (Å²) in [6.45, 7) is 11.5. The van der Waals surface area contributed by atoms with Crippen molar-refractivity contribution in [2.45, 2.75) is 27.2 Å². The SMILES string of the molecule is CCN(CC)CC1CCN(c2ncc([N+](=O)[O-])cc2C)C1. The molecule has 1 fully saturated rings. The van der Waals surface area contributed by atoms with E-state index in [-0.39, 0.29) is 5.69 Å². The first-order chi connectivity index (χ1) is 10.0. The topological polar surface area (TPSA) is 62.5 Å². The molecule has 0 bridgehead atoms. The van der Waals surface area contributed by atoms with Crippen molar-refractivity contribution in [3.05, 3.63) is 27.9 Å². The number of rotatable bonds is 6. The van der Waals surface area contributed by atoms with Crippen molar-refractivity contribution in [2.75, 3.05) is 37.6 Å². The molecule has 0 aliphatic carbocycles. The highest BCUT2D eigenvalue weighted by Gasteiger charge is 2.26. The molecule has 0 N–H and O–H groups in total. The molecule has 2 heterocycles. The van der Waals surface area contributed by atoms with E-state index in [2.05, 4.69) is 28.6 Å². The number of hydrogen-bond donors (Lipinski definition) is 0. The molecule has 1 saturated heterocycles. The van der Waals surface area contributed by atoms with Crippen LogP contribution in [-0.4, -0.2) is 47.5 Å². The van der Waals surface area contributed by atoms with Gasteiger partial charge in [-0.05, 0) is 37.9 Å². The lowest BCUT2D eigenvalue weighted by Gasteiger charge is -2.23. The number of hydrogen-bond acceptors (Lipinski definition) is 5. The maximum Gasteiger partial charge on any atom is 0.287 e. The first kappa shape index (κ1) is 15.7. The fourth-order valence-electron chi connectivity index (χ4n) is 3.00. The summed E-state index contributed by atoms with van der Waals surface area (Å²) in [5.41, 5.74) is 0.947. The average Bonchev–Trinajstić information content (AvgIpc) is 2.92. The minimum absolute atomic E-state index is 0.0649. The smallest absolute Gasteiger partial charge is 0.287 e. The van der Waals surface area contributed by atoms with Crippen LogP contribution in [0.2, 0.25) is 0 Å². The zero-order valence-electron chi connectivity index (χ0n) is 13.1. The van der Waals surface area contributed by atoms with Crippen molar-refractivity contribution >= 4 is 11.5 Å². The van der Waals surface area contributed by atoms with E-state index < -0.39 is 4.92 Å². The van der Waals surface area contributed by atoms with E-state index in [1.54, 1.807) is 6.07 Å². The number of aryl methyl sites for hydroxylation is 1. The summed E-state index contributed by atoms with van der Waals surface area (Å²) in [6.07, 6.45) is 2.52. The summed E-state index contributed by atoms with van der Waals surface area (Å²) in [5.74, 6) is 1.55. The minimum atomic E-state index is -0.392. The number of nitrogens with zero attached hydrogens (tertiary/aromatic N) is 4. The molecule has 21 heavy (non-hydrogen) atoms. The van der Waals surface area contributed by atoms with Gasteiger partial charge in [-0.25, -0.2) is 4.98 Å². The third-order valence-electron chi connectivity index (χ3n) is 4.24. The molecule has 1 aliphatic heterocycles. The van der Waals surface area contributed by atoms with Crippen LogP contribution in [0.3, 0.4) is 0 Å². The van der Waals surface area contributed by atoms with Gasteiger partial charge < -0.3 is 9.80 Å². The molecular weight excluding hydrogens is 268 g/mol. The minimum Gasteiger partial charge on any atom is -0.356 e. The highest BCUT2D eigenvalue weighted by Crippen LogP contribution is 2.27. The molecule has 0 spiro atoms. The lowest BCUT2D eigenvalue weighted by Crippen LogP contribution is -2.31. The Morgan fingerprint density at radius 1 is 1.48 bits per heavy atom. The molecule has 1 aliphatic rings. The van der Waals surface area contributed by atoms with Crippen molar-refractivity contribution in [2.24, 2.45) is 5.92 Å². The summed E-state index contributed by atoms with van der Waals surface area (Å²) in [7, 11) is 0. The molecule has 1 aromatic heterocycles. The summed E-state index contributed by atoms with van der Waals surface area (Å²) in [6, 6.07) is 1.61. The fourth-order valence-corrected chi connectivity index (χ4v) is 3.00. The Labute approximate surface area is 125 Å². The maximum atomic E-state index is 10.8. The van der Waals surface area contributed by atoms with Crippen LogP contribution in [0, 0.1) is 23.0 Å². The average molecular weight is 292 g/mol. The highest BCUT2D eigenvalue weighted by atomic mass is 16.6. The molecule has 0 amide bonds. The second-order valence-electron chi connectivity index (χ2n) is 5.68. The van der Waals surface area contributed by atoms with Crippen LogP contribution in [0.1, 0.15) is 25.8 Å². The molecule has 1 unspecified atom stereocenters. The van der Waals surface area contributed by atoms with E-state index in [4.69, 9.17) is 0 Å². The molecule has 0 radical (unpaired) electrons. The summed E-state index contributed by atoms with van der Waals surface area (Å²) in [4.78, 5) is 19.4. The zero-order chi connectivity index (χ0) is 15.4. The van der Waals surface area contributed by atoms with Crippen LogP contribution in [0.25, 0.3) is 0 Å². The van der Waals surface area contributed by atoms with Gasteiger partial charge in [0.25, 0.3) is 5.69 Å². The second kappa shape index (κ2) is 6.85. The Kier molecular flexibility index (Phi) is 5.12. The first-order valence-electron chi connectivity index (χ1n) is 7.63. The van der Waals surface area contributed by atoms with Crippen LogP contribution < -0.4 is 4.90 Å². The largest absolute Gasteiger partial charge is 0.356 e. The van der Waals surface area contributed by atoms with Crippen LogP contribution in [0.4, 0.5) is 11.5 Å². The van der Waals surface area contributed by atoms with Gasteiger partial charge in [-0.15, -0.1) is 0 Å². The standard InChI is InChI=1S/C15H24N4O2/c1-4-17(5-2)10-13-6-7-18(11-13)15-12(3)8-14(9-16-15)19(20)21/h8-9,13H,4-7,10-11H2,1-3H3. The van der Waals surface area contributed by atoms with E-state index in [9.17, 15) is 10.1 Å². The molecule has 0 saturated carbocycles. The van der Waals surface area contributed by atoms with Gasteiger partial charge in [0, 0.05) is 25.7 Å². The van der Waals surface area contributed by atoms with Gasteiger partial charge in [0.2, 0.25) is 0 Å². The highest BCUT2D eigenvalue weighted by molar-refractivity contribution is 5.51. The fraction of sp³-hybridized carbons (Fsp3) is 0.667. The molecular formula is C15H24N4O2. The van der Waals surface area contributed by atoms with Crippen molar-refractivity contribution in [1.29, 1.82) is 0 Å².